The number of hydrogen-bond acceptors (Lipinski definition) is 7. The molecule has 1 aliphatic rings. The Balaban J connectivity index is 1.60. The number of urea groups is 1. The van der Waals surface area contributed by atoms with Gasteiger partial charge < -0.3 is 25.0 Å². The molecule has 3 atom stereocenters. The number of nitrogens with zero attached hydrogens (tertiary/aromatic N) is 2. The van der Waals surface area contributed by atoms with Crippen molar-refractivity contribution in [2.75, 3.05) is 36.8 Å². The Morgan fingerprint density at radius 3 is 2.58 bits per heavy atom. The molecule has 10 nitrogen and oxygen atoms in total. The highest BCUT2D eigenvalue weighted by Gasteiger charge is 2.34. The second-order valence-electron chi connectivity index (χ2n) is 9.69. The molecule has 3 N–H and O–H groups in total. The number of ether oxygens (including phenoxy) is 1. The molecule has 2 heterocycles. The van der Waals surface area contributed by atoms with Crippen LogP contribution in [-0.2, 0) is 10.0 Å². The number of carbonyl (C=O) groups excluding carboxylic acids is 2. The van der Waals surface area contributed by atoms with Crippen LogP contribution >= 0.6 is 11.3 Å². The summed E-state index contributed by atoms with van der Waals surface area (Å²) < 4.78 is 47.6. The highest BCUT2D eigenvalue weighted by molar-refractivity contribution is 7.94. The van der Waals surface area contributed by atoms with Crippen LogP contribution in [0.4, 0.5) is 20.6 Å². The number of benzene rings is 2. The lowest BCUT2D eigenvalue weighted by molar-refractivity contribution is 0.0371. The molecule has 214 valence electrons. The Labute approximate surface area is 236 Å². The van der Waals surface area contributed by atoms with Gasteiger partial charge in [-0.1, -0.05) is 13.0 Å². The maximum atomic E-state index is 13.6. The first-order chi connectivity index (χ1) is 19.0. The van der Waals surface area contributed by atoms with Crippen molar-refractivity contribution in [2.24, 2.45) is 5.92 Å². The van der Waals surface area contributed by atoms with E-state index in [1.165, 1.54) is 58.3 Å². The van der Waals surface area contributed by atoms with E-state index in [1.54, 1.807) is 25.4 Å². The highest BCUT2D eigenvalue weighted by Crippen LogP contribution is 2.32. The lowest BCUT2D eigenvalue weighted by Gasteiger charge is -2.38. The summed E-state index contributed by atoms with van der Waals surface area (Å²) in [5, 5.41) is 14.2. The standard InChI is InChI=1S/C27H31FN4O6S2/c1-17-14-32(18(2)16-33)26(34)22-13-21(30-40(36,37)25-5-4-12-39-25)10-11-23(22)38-24(17)15-31(3)27(35)29-20-8-6-19(28)7-9-20/h4-13,17-18,24,30,33H,14-16H2,1-3H3,(H,29,35)/t17-,18-,24-/m0/s1. The number of amides is 3. The number of sulfonamides is 1. The van der Waals surface area contributed by atoms with Gasteiger partial charge in [0.2, 0.25) is 0 Å². The third-order valence-corrected chi connectivity index (χ3v) is 9.35. The molecule has 0 saturated carbocycles. The third kappa shape index (κ3) is 6.72. The van der Waals surface area contributed by atoms with Gasteiger partial charge in [0, 0.05) is 30.9 Å². The summed E-state index contributed by atoms with van der Waals surface area (Å²) in [6.45, 7) is 3.70. The molecule has 1 aliphatic heterocycles. The van der Waals surface area contributed by atoms with Gasteiger partial charge in [-0.3, -0.25) is 9.52 Å². The summed E-state index contributed by atoms with van der Waals surface area (Å²) in [5.41, 5.74) is 0.741. The van der Waals surface area contributed by atoms with Crippen molar-refractivity contribution in [2.45, 2.75) is 30.2 Å². The van der Waals surface area contributed by atoms with Crippen LogP contribution in [0.2, 0.25) is 0 Å². The monoisotopic (exact) mass is 590 g/mol. The molecule has 0 radical (unpaired) electrons. The average Bonchev–Trinajstić information content (AvgIpc) is 3.48. The Hall–Kier alpha value is -3.68. The number of aliphatic hydroxyl groups is 1. The van der Waals surface area contributed by atoms with Gasteiger partial charge in [-0.2, -0.15) is 0 Å². The molecular weight excluding hydrogens is 559 g/mol. The first-order valence-corrected chi connectivity index (χ1v) is 14.9. The second-order valence-corrected chi connectivity index (χ2v) is 12.5. The summed E-state index contributed by atoms with van der Waals surface area (Å²) in [6, 6.07) is 12.0. The number of aliphatic hydroxyl groups excluding tert-OH is 1. The molecule has 0 saturated heterocycles. The Morgan fingerprint density at radius 2 is 1.93 bits per heavy atom. The van der Waals surface area contributed by atoms with Crippen LogP contribution in [0, 0.1) is 11.7 Å². The number of thiophene rings is 1. The lowest BCUT2D eigenvalue weighted by Crippen LogP contribution is -2.50. The fraction of sp³-hybridized carbons (Fsp3) is 0.333. The maximum absolute atomic E-state index is 13.6. The second kappa shape index (κ2) is 12.2. The molecule has 0 bridgehead atoms. The molecule has 4 rings (SSSR count). The van der Waals surface area contributed by atoms with E-state index in [2.05, 4.69) is 10.0 Å². The molecule has 40 heavy (non-hydrogen) atoms. The zero-order chi connectivity index (χ0) is 29.0. The number of rotatable bonds is 8. The summed E-state index contributed by atoms with van der Waals surface area (Å²) >= 11 is 1.07. The van der Waals surface area contributed by atoms with E-state index < -0.39 is 39.9 Å². The van der Waals surface area contributed by atoms with E-state index >= 15 is 0 Å². The van der Waals surface area contributed by atoms with E-state index in [-0.39, 0.29) is 46.8 Å². The van der Waals surface area contributed by atoms with E-state index in [4.69, 9.17) is 4.74 Å². The summed E-state index contributed by atoms with van der Waals surface area (Å²) in [7, 11) is -2.25. The minimum Gasteiger partial charge on any atom is -0.487 e. The van der Waals surface area contributed by atoms with Crippen LogP contribution in [0.25, 0.3) is 0 Å². The maximum Gasteiger partial charge on any atom is 0.321 e. The molecule has 0 fully saturated rings. The Morgan fingerprint density at radius 1 is 1.23 bits per heavy atom. The van der Waals surface area contributed by atoms with Gasteiger partial charge >= 0.3 is 6.03 Å². The van der Waals surface area contributed by atoms with Crippen molar-refractivity contribution in [1.82, 2.24) is 9.80 Å². The predicted octanol–water partition coefficient (Wildman–Crippen LogP) is 4.07. The summed E-state index contributed by atoms with van der Waals surface area (Å²) in [6.07, 6.45) is -0.558. The van der Waals surface area contributed by atoms with Gasteiger partial charge in [-0.05, 0) is 60.8 Å². The largest absolute Gasteiger partial charge is 0.487 e. The molecule has 13 heteroatoms. The normalized spacial score (nSPS) is 18.1. The van der Waals surface area contributed by atoms with Gasteiger partial charge in [0.05, 0.1) is 24.8 Å². The van der Waals surface area contributed by atoms with Crippen LogP contribution in [-0.4, -0.2) is 74.2 Å². The van der Waals surface area contributed by atoms with E-state index in [1.807, 2.05) is 6.92 Å². The number of halogens is 1. The smallest absolute Gasteiger partial charge is 0.321 e. The molecule has 0 spiro atoms. The summed E-state index contributed by atoms with van der Waals surface area (Å²) in [4.78, 5) is 29.4. The zero-order valence-electron chi connectivity index (χ0n) is 22.2. The van der Waals surface area contributed by atoms with Crippen LogP contribution < -0.4 is 14.8 Å². The molecule has 0 aliphatic carbocycles. The fourth-order valence-corrected chi connectivity index (χ4v) is 6.27. The molecule has 0 unspecified atom stereocenters. The average molecular weight is 591 g/mol. The molecular formula is C27H31FN4O6S2. The number of fused-ring (bicyclic) bond motifs is 1. The van der Waals surface area contributed by atoms with Crippen molar-refractivity contribution < 1.29 is 32.2 Å². The highest BCUT2D eigenvalue weighted by atomic mass is 32.2. The van der Waals surface area contributed by atoms with E-state index in [0.29, 0.717) is 5.69 Å². The number of likely N-dealkylation sites (N-methyl/N-ethyl adjacent to an activating group) is 1. The zero-order valence-corrected chi connectivity index (χ0v) is 23.8. The minimum atomic E-state index is -3.85. The van der Waals surface area contributed by atoms with Crippen molar-refractivity contribution in [3.63, 3.8) is 0 Å². The molecule has 3 amide bonds. The number of carbonyl (C=O) groups is 2. The van der Waals surface area contributed by atoms with Gasteiger partial charge in [0.25, 0.3) is 15.9 Å². The predicted molar refractivity (Wildman–Crippen MR) is 151 cm³/mol. The fourth-order valence-electron chi connectivity index (χ4n) is 4.23. The Kier molecular flexibility index (Phi) is 8.96. The van der Waals surface area contributed by atoms with Crippen molar-refractivity contribution >= 4 is 44.7 Å². The van der Waals surface area contributed by atoms with Crippen LogP contribution in [0.5, 0.6) is 5.75 Å². The van der Waals surface area contributed by atoms with Crippen molar-refractivity contribution in [3.8, 4) is 5.75 Å². The van der Waals surface area contributed by atoms with Crippen molar-refractivity contribution in [1.29, 1.82) is 0 Å². The number of nitrogens with one attached hydrogen (secondary N) is 2. The Bertz CT molecular complexity index is 1450. The van der Waals surface area contributed by atoms with Gasteiger partial charge in [0.15, 0.2) is 0 Å². The molecule has 3 aromatic rings. The number of hydrogen-bond donors (Lipinski definition) is 3. The minimum absolute atomic E-state index is 0.127. The number of anilines is 2. The lowest BCUT2D eigenvalue weighted by atomic mass is 9.99. The van der Waals surface area contributed by atoms with E-state index in [9.17, 15) is 27.5 Å². The van der Waals surface area contributed by atoms with Gasteiger partial charge in [0.1, 0.15) is 21.9 Å². The van der Waals surface area contributed by atoms with Crippen LogP contribution in [0.1, 0.15) is 24.2 Å². The van der Waals surface area contributed by atoms with Crippen LogP contribution in [0.15, 0.2) is 64.2 Å². The van der Waals surface area contributed by atoms with E-state index in [0.717, 1.165) is 11.3 Å². The quantitative estimate of drug-likeness (QED) is 0.363. The van der Waals surface area contributed by atoms with Crippen molar-refractivity contribution in [3.05, 3.63) is 71.4 Å². The third-order valence-electron chi connectivity index (χ3n) is 6.57. The first-order valence-electron chi connectivity index (χ1n) is 12.5. The molecule has 2 aromatic carbocycles. The van der Waals surface area contributed by atoms with Gasteiger partial charge in [-0.15, -0.1) is 11.3 Å². The first kappa shape index (κ1) is 29.3. The van der Waals surface area contributed by atoms with Crippen LogP contribution in [0.3, 0.4) is 0 Å². The van der Waals surface area contributed by atoms with Gasteiger partial charge in [-0.25, -0.2) is 17.6 Å². The topological polar surface area (TPSA) is 128 Å². The SMILES string of the molecule is C[C@H]1CN([C@@H](C)CO)C(=O)c2cc(NS(=O)(=O)c3cccs3)ccc2O[C@H]1CN(C)C(=O)Nc1ccc(F)cc1. The molecule has 1 aromatic heterocycles. The summed E-state index contributed by atoms with van der Waals surface area (Å²) in [5.74, 6) is -0.853.